The van der Waals surface area contributed by atoms with E-state index in [-0.39, 0.29) is 5.91 Å². The molecule has 106 valence electrons. The molecule has 1 aromatic carbocycles. The lowest BCUT2D eigenvalue weighted by Crippen LogP contribution is -2.30. The number of halogens is 2. The highest BCUT2D eigenvalue weighted by Gasteiger charge is 2.18. The van der Waals surface area contributed by atoms with E-state index >= 15 is 0 Å². The minimum Gasteiger partial charge on any atom is -0.334 e. The molecule has 0 atom stereocenters. The highest BCUT2D eigenvalue weighted by atomic mass is 79.9. The van der Waals surface area contributed by atoms with Gasteiger partial charge in [-0.15, -0.1) is 11.3 Å². The van der Waals surface area contributed by atoms with Crippen LogP contribution in [0.5, 0.6) is 0 Å². The number of rotatable bonds is 4. The first-order chi connectivity index (χ1) is 9.51. The number of amides is 1. The lowest BCUT2D eigenvalue weighted by molar-refractivity contribution is 0.0753. The third-order valence-corrected chi connectivity index (χ3v) is 4.90. The third-order valence-electron chi connectivity index (χ3n) is 3.00. The van der Waals surface area contributed by atoms with E-state index in [1.165, 1.54) is 11.3 Å². The predicted octanol–water partition coefficient (Wildman–Crippen LogP) is 5.13. The average Bonchev–Trinajstić information content (AvgIpc) is 2.83. The van der Waals surface area contributed by atoms with Gasteiger partial charge in [-0.2, -0.15) is 0 Å². The largest absolute Gasteiger partial charge is 0.334 e. The lowest BCUT2D eigenvalue weighted by atomic mass is 10.1. The molecule has 0 aliphatic rings. The van der Waals surface area contributed by atoms with Crippen LogP contribution in [0.15, 0.2) is 34.8 Å². The second kappa shape index (κ2) is 6.74. The number of benzene rings is 1. The summed E-state index contributed by atoms with van der Waals surface area (Å²) in [6.07, 6.45) is 0. The first kappa shape index (κ1) is 15.5. The van der Waals surface area contributed by atoms with Crippen LogP contribution in [-0.4, -0.2) is 17.4 Å². The maximum absolute atomic E-state index is 12.6. The molecule has 2 rings (SSSR count). The van der Waals surface area contributed by atoms with E-state index in [0.717, 1.165) is 19.2 Å². The standard InChI is InChI=1S/C15H15BrClNOS/c1-3-18(9-11-5-7-14(17)20-11)15(19)12-8-10(2)4-6-13(12)16/h4-8H,3,9H2,1-2H3. The summed E-state index contributed by atoms with van der Waals surface area (Å²) >= 11 is 10.9. The fourth-order valence-electron chi connectivity index (χ4n) is 1.93. The molecule has 0 aliphatic heterocycles. The van der Waals surface area contributed by atoms with Crippen LogP contribution in [-0.2, 0) is 6.54 Å². The number of nitrogens with zero attached hydrogens (tertiary/aromatic N) is 1. The van der Waals surface area contributed by atoms with Crippen molar-refractivity contribution in [2.75, 3.05) is 6.54 Å². The first-order valence-electron chi connectivity index (χ1n) is 6.31. The molecule has 20 heavy (non-hydrogen) atoms. The summed E-state index contributed by atoms with van der Waals surface area (Å²) in [5, 5.41) is 0. The molecule has 0 saturated carbocycles. The molecule has 5 heteroatoms. The minimum absolute atomic E-state index is 0.0348. The molecule has 0 unspecified atom stereocenters. The van der Waals surface area contributed by atoms with Crippen molar-refractivity contribution in [1.29, 1.82) is 0 Å². The van der Waals surface area contributed by atoms with Crippen LogP contribution in [0.3, 0.4) is 0 Å². The Kier molecular flexibility index (Phi) is 5.24. The van der Waals surface area contributed by atoms with Gasteiger partial charge in [0.25, 0.3) is 5.91 Å². The number of carbonyl (C=O) groups is 1. The molecule has 1 amide bonds. The molecule has 0 N–H and O–H groups in total. The van der Waals surface area contributed by atoms with Crippen molar-refractivity contribution in [2.45, 2.75) is 20.4 Å². The van der Waals surface area contributed by atoms with Gasteiger partial charge in [0, 0.05) is 15.9 Å². The van der Waals surface area contributed by atoms with E-state index in [9.17, 15) is 4.79 Å². The summed E-state index contributed by atoms with van der Waals surface area (Å²) in [4.78, 5) is 15.5. The Bertz CT molecular complexity index is 626. The van der Waals surface area contributed by atoms with E-state index in [1.54, 1.807) is 0 Å². The van der Waals surface area contributed by atoms with Crippen LogP contribution in [0.4, 0.5) is 0 Å². The van der Waals surface area contributed by atoms with Gasteiger partial charge < -0.3 is 4.90 Å². The van der Waals surface area contributed by atoms with Gasteiger partial charge in [0.05, 0.1) is 16.4 Å². The first-order valence-corrected chi connectivity index (χ1v) is 8.29. The Morgan fingerprint density at radius 3 is 2.70 bits per heavy atom. The highest BCUT2D eigenvalue weighted by Crippen LogP contribution is 2.25. The fraction of sp³-hybridized carbons (Fsp3) is 0.267. The van der Waals surface area contributed by atoms with E-state index in [2.05, 4.69) is 15.9 Å². The number of aryl methyl sites for hydroxylation is 1. The summed E-state index contributed by atoms with van der Waals surface area (Å²) < 4.78 is 1.58. The van der Waals surface area contributed by atoms with Gasteiger partial charge in [0.15, 0.2) is 0 Å². The maximum Gasteiger partial charge on any atom is 0.255 e. The van der Waals surface area contributed by atoms with Gasteiger partial charge in [-0.05, 0) is 54.0 Å². The van der Waals surface area contributed by atoms with Crippen molar-refractivity contribution in [3.05, 3.63) is 55.1 Å². The normalized spacial score (nSPS) is 10.6. The Morgan fingerprint density at radius 2 is 2.10 bits per heavy atom. The van der Waals surface area contributed by atoms with E-state index in [1.807, 2.05) is 49.1 Å². The predicted molar refractivity (Wildman–Crippen MR) is 88.6 cm³/mol. The molecule has 0 spiro atoms. The van der Waals surface area contributed by atoms with Gasteiger partial charge >= 0.3 is 0 Å². The zero-order chi connectivity index (χ0) is 14.7. The number of thiophene rings is 1. The molecule has 2 aromatic rings. The van der Waals surface area contributed by atoms with Crippen LogP contribution < -0.4 is 0 Å². The van der Waals surface area contributed by atoms with Crippen LogP contribution in [0, 0.1) is 6.92 Å². The SMILES string of the molecule is CCN(Cc1ccc(Cl)s1)C(=O)c1cc(C)ccc1Br. The van der Waals surface area contributed by atoms with E-state index < -0.39 is 0 Å². The average molecular weight is 373 g/mol. The molecule has 0 aliphatic carbocycles. The number of hydrogen-bond donors (Lipinski definition) is 0. The van der Waals surface area contributed by atoms with Gasteiger partial charge in [-0.25, -0.2) is 0 Å². The molecule has 0 bridgehead atoms. The van der Waals surface area contributed by atoms with Crippen LogP contribution in [0.25, 0.3) is 0 Å². The van der Waals surface area contributed by atoms with Crippen molar-refractivity contribution in [3.8, 4) is 0 Å². The fourth-order valence-corrected chi connectivity index (χ4v) is 3.44. The molecule has 0 saturated heterocycles. The quantitative estimate of drug-likeness (QED) is 0.728. The topological polar surface area (TPSA) is 20.3 Å². The Balaban J connectivity index is 2.22. The van der Waals surface area contributed by atoms with Gasteiger partial charge in [-0.1, -0.05) is 23.2 Å². The van der Waals surface area contributed by atoms with E-state index in [4.69, 9.17) is 11.6 Å². The van der Waals surface area contributed by atoms with Crippen molar-refractivity contribution >= 4 is 44.8 Å². The minimum atomic E-state index is 0.0348. The zero-order valence-electron chi connectivity index (χ0n) is 11.3. The Hall–Kier alpha value is -0.840. The van der Waals surface area contributed by atoms with Crippen molar-refractivity contribution in [1.82, 2.24) is 4.90 Å². The highest BCUT2D eigenvalue weighted by molar-refractivity contribution is 9.10. The van der Waals surface area contributed by atoms with Gasteiger partial charge in [0.2, 0.25) is 0 Å². The van der Waals surface area contributed by atoms with Gasteiger partial charge in [-0.3, -0.25) is 4.79 Å². The smallest absolute Gasteiger partial charge is 0.255 e. The molecular weight excluding hydrogens is 358 g/mol. The Labute approximate surface area is 136 Å². The summed E-state index contributed by atoms with van der Waals surface area (Å²) in [7, 11) is 0. The van der Waals surface area contributed by atoms with Crippen LogP contribution in [0.1, 0.15) is 27.7 Å². The summed E-state index contributed by atoms with van der Waals surface area (Å²) in [6, 6.07) is 9.64. The second-order valence-corrected chi connectivity index (χ2v) is 7.16. The van der Waals surface area contributed by atoms with Crippen LogP contribution in [0.2, 0.25) is 4.34 Å². The lowest BCUT2D eigenvalue weighted by Gasteiger charge is -2.21. The Morgan fingerprint density at radius 1 is 1.35 bits per heavy atom. The molecule has 2 nitrogen and oxygen atoms in total. The number of carbonyl (C=O) groups excluding carboxylic acids is 1. The van der Waals surface area contributed by atoms with Crippen molar-refractivity contribution < 1.29 is 4.79 Å². The summed E-state index contributed by atoms with van der Waals surface area (Å²) in [5.74, 6) is 0.0348. The van der Waals surface area contributed by atoms with Crippen LogP contribution >= 0.6 is 38.9 Å². The molecule has 0 fully saturated rings. The maximum atomic E-state index is 12.6. The molecular formula is C15H15BrClNOS. The number of hydrogen-bond acceptors (Lipinski definition) is 2. The third kappa shape index (κ3) is 3.62. The molecule has 1 aromatic heterocycles. The second-order valence-electron chi connectivity index (χ2n) is 4.51. The van der Waals surface area contributed by atoms with E-state index in [0.29, 0.717) is 18.7 Å². The molecule has 0 radical (unpaired) electrons. The zero-order valence-corrected chi connectivity index (χ0v) is 14.5. The monoisotopic (exact) mass is 371 g/mol. The van der Waals surface area contributed by atoms with Crippen molar-refractivity contribution in [3.63, 3.8) is 0 Å². The summed E-state index contributed by atoms with van der Waals surface area (Å²) in [5.41, 5.74) is 1.78. The van der Waals surface area contributed by atoms with Gasteiger partial charge in [0.1, 0.15) is 0 Å². The molecule has 1 heterocycles. The van der Waals surface area contributed by atoms with Crippen molar-refractivity contribution in [2.24, 2.45) is 0 Å². The summed E-state index contributed by atoms with van der Waals surface area (Å²) in [6.45, 7) is 5.22.